The van der Waals surface area contributed by atoms with E-state index in [4.69, 9.17) is 11.6 Å². The van der Waals surface area contributed by atoms with Crippen LogP contribution in [0, 0.1) is 0 Å². The van der Waals surface area contributed by atoms with E-state index < -0.39 is 0 Å². The maximum atomic E-state index is 11.9. The second kappa shape index (κ2) is 6.50. The Kier molecular flexibility index (Phi) is 4.71. The summed E-state index contributed by atoms with van der Waals surface area (Å²) in [7, 11) is 0. The maximum Gasteiger partial charge on any atom is 0.271 e. The summed E-state index contributed by atoms with van der Waals surface area (Å²) in [5, 5.41) is 6.77. The Hall–Kier alpha value is -1.65. The normalized spacial score (nSPS) is 11.4. The third kappa shape index (κ3) is 3.66. The van der Waals surface area contributed by atoms with Crippen molar-refractivity contribution in [3.05, 3.63) is 57.2 Å². The molecule has 1 amide bonds. The highest BCUT2D eigenvalue weighted by molar-refractivity contribution is 7.12. The molecule has 0 aliphatic heterocycles. The lowest BCUT2D eigenvalue weighted by Gasteiger charge is -2.03. The molecular weight excluding hydrogens is 280 g/mol. The summed E-state index contributed by atoms with van der Waals surface area (Å²) in [5.74, 6) is -0.237. The van der Waals surface area contributed by atoms with Crippen molar-refractivity contribution in [1.29, 1.82) is 0 Å². The maximum absolute atomic E-state index is 11.9. The number of halogens is 1. The summed E-state index contributed by atoms with van der Waals surface area (Å²) in [6, 6.07) is 10.7. The van der Waals surface area contributed by atoms with Crippen LogP contribution in [-0.4, -0.2) is 11.6 Å². The Balaban J connectivity index is 2.08. The largest absolute Gasteiger partial charge is 0.271 e. The van der Waals surface area contributed by atoms with E-state index in [1.54, 1.807) is 35.6 Å². The number of hydrazone groups is 1. The summed E-state index contributed by atoms with van der Waals surface area (Å²) >= 11 is 7.38. The molecule has 1 N–H and O–H groups in total. The minimum absolute atomic E-state index is 0.237. The van der Waals surface area contributed by atoms with Crippen LogP contribution in [0.25, 0.3) is 0 Å². The Labute approximate surface area is 120 Å². The lowest BCUT2D eigenvalue weighted by molar-refractivity contribution is 0.0955. The number of nitrogens with zero attached hydrogens (tertiary/aromatic N) is 1. The average molecular weight is 293 g/mol. The molecule has 1 aromatic heterocycles. The number of rotatable bonds is 4. The molecule has 0 bridgehead atoms. The molecule has 0 aliphatic carbocycles. The van der Waals surface area contributed by atoms with Crippen LogP contribution in [0.15, 0.2) is 46.9 Å². The van der Waals surface area contributed by atoms with Gasteiger partial charge in [0, 0.05) is 10.6 Å². The van der Waals surface area contributed by atoms with Gasteiger partial charge in [-0.2, -0.15) is 5.10 Å². The van der Waals surface area contributed by atoms with E-state index >= 15 is 0 Å². The predicted molar refractivity (Wildman–Crippen MR) is 80.1 cm³/mol. The number of thiophene rings is 1. The molecule has 2 aromatic rings. The van der Waals surface area contributed by atoms with Gasteiger partial charge in [-0.1, -0.05) is 24.6 Å². The van der Waals surface area contributed by atoms with Crippen LogP contribution in [0.4, 0.5) is 0 Å². The molecule has 5 heteroatoms. The van der Waals surface area contributed by atoms with Crippen molar-refractivity contribution >= 4 is 34.6 Å². The fraction of sp³-hybridized carbons (Fsp3) is 0.143. The van der Waals surface area contributed by atoms with E-state index in [0.29, 0.717) is 10.6 Å². The van der Waals surface area contributed by atoms with Gasteiger partial charge in [0.15, 0.2) is 0 Å². The van der Waals surface area contributed by atoms with Crippen molar-refractivity contribution in [1.82, 2.24) is 5.43 Å². The van der Waals surface area contributed by atoms with Crippen LogP contribution < -0.4 is 5.43 Å². The number of benzene rings is 1. The van der Waals surface area contributed by atoms with Gasteiger partial charge in [-0.3, -0.25) is 4.79 Å². The molecule has 0 saturated heterocycles. The van der Waals surface area contributed by atoms with Gasteiger partial charge in [-0.05, 0) is 42.1 Å². The highest BCUT2D eigenvalue weighted by Crippen LogP contribution is 2.12. The summed E-state index contributed by atoms with van der Waals surface area (Å²) in [6.45, 7) is 2.01. The van der Waals surface area contributed by atoms with E-state index in [1.165, 1.54) is 0 Å². The summed E-state index contributed by atoms with van der Waals surface area (Å²) in [6.07, 6.45) is 0.765. The van der Waals surface area contributed by atoms with Gasteiger partial charge in [0.05, 0.1) is 10.6 Å². The van der Waals surface area contributed by atoms with Crippen LogP contribution in [-0.2, 0) is 0 Å². The number of carbonyl (C=O) groups is 1. The third-order valence-electron chi connectivity index (χ3n) is 2.54. The first-order valence-corrected chi connectivity index (χ1v) is 7.13. The number of hydrogen-bond donors (Lipinski definition) is 1. The minimum atomic E-state index is -0.237. The Bertz CT molecular complexity index is 576. The average Bonchev–Trinajstić information content (AvgIpc) is 2.94. The van der Waals surface area contributed by atoms with Gasteiger partial charge in [-0.15, -0.1) is 11.3 Å². The molecule has 0 fully saturated rings. The first-order chi connectivity index (χ1) is 9.20. The second-order valence-corrected chi connectivity index (χ2v) is 5.22. The van der Waals surface area contributed by atoms with Gasteiger partial charge in [0.25, 0.3) is 5.91 Å². The van der Waals surface area contributed by atoms with Gasteiger partial charge in [-0.25, -0.2) is 5.43 Å². The molecule has 2 rings (SSSR count). The summed E-state index contributed by atoms with van der Waals surface area (Å²) < 4.78 is 0. The topological polar surface area (TPSA) is 41.5 Å². The van der Waals surface area contributed by atoms with Crippen LogP contribution in [0.3, 0.4) is 0 Å². The fourth-order valence-electron chi connectivity index (χ4n) is 1.54. The predicted octanol–water partition coefficient (Wildman–Crippen LogP) is 3.95. The molecule has 0 atom stereocenters. The van der Waals surface area contributed by atoms with Gasteiger partial charge in [0.2, 0.25) is 0 Å². The van der Waals surface area contributed by atoms with Crippen LogP contribution in [0.2, 0.25) is 5.02 Å². The molecule has 0 radical (unpaired) electrons. The monoisotopic (exact) mass is 292 g/mol. The van der Waals surface area contributed by atoms with Gasteiger partial charge < -0.3 is 0 Å². The van der Waals surface area contributed by atoms with E-state index in [0.717, 1.165) is 17.0 Å². The van der Waals surface area contributed by atoms with Crippen molar-refractivity contribution in [2.45, 2.75) is 13.3 Å². The third-order valence-corrected chi connectivity index (χ3v) is 3.71. The standard InChI is InChI=1S/C14H13ClN2OS/c1-2-12(13-4-3-9-19-13)16-17-14(18)10-5-7-11(15)8-6-10/h3-9H,2H2,1H3,(H,17,18). The van der Waals surface area contributed by atoms with Crippen LogP contribution in [0.1, 0.15) is 28.6 Å². The SMILES string of the molecule is CCC(=NNC(=O)c1ccc(Cl)cc1)c1cccs1. The highest BCUT2D eigenvalue weighted by Gasteiger charge is 2.06. The fourth-order valence-corrected chi connectivity index (χ4v) is 2.45. The van der Waals surface area contributed by atoms with E-state index in [1.807, 2.05) is 24.4 Å². The van der Waals surface area contributed by atoms with Gasteiger partial charge >= 0.3 is 0 Å². The molecule has 19 heavy (non-hydrogen) atoms. The van der Waals surface area contributed by atoms with Crippen molar-refractivity contribution < 1.29 is 4.79 Å². The Morgan fingerprint density at radius 1 is 1.32 bits per heavy atom. The molecule has 1 heterocycles. The molecule has 0 aliphatic rings. The van der Waals surface area contributed by atoms with Crippen LogP contribution >= 0.6 is 22.9 Å². The number of amides is 1. The van der Waals surface area contributed by atoms with Crippen molar-refractivity contribution in [2.24, 2.45) is 5.10 Å². The molecule has 0 spiro atoms. The zero-order valence-electron chi connectivity index (χ0n) is 10.4. The smallest absolute Gasteiger partial charge is 0.267 e. The van der Waals surface area contributed by atoms with E-state index in [-0.39, 0.29) is 5.91 Å². The second-order valence-electron chi connectivity index (χ2n) is 3.84. The van der Waals surface area contributed by atoms with Crippen molar-refractivity contribution in [3.63, 3.8) is 0 Å². The molecular formula is C14H13ClN2OS. The molecule has 1 aromatic carbocycles. The lowest BCUT2D eigenvalue weighted by atomic mass is 10.2. The van der Waals surface area contributed by atoms with Crippen molar-refractivity contribution in [3.8, 4) is 0 Å². The molecule has 3 nitrogen and oxygen atoms in total. The number of nitrogens with one attached hydrogen (secondary N) is 1. The summed E-state index contributed by atoms with van der Waals surface area (Å²) in [5.41, 5.74) is 3.98. The zero-order valence-corrected chi connectivity index (χ0v) is 12.0. The van der Waals surface area contributed by atoms with E-state index in [9.17, 15) is 4.79 Å². The minimum Gasteiger partial charge on any atom is -0.267 e. The highest BCUT2D eigenvalue weighted by atomic mass is 35.5. The Morgan fingerprint density at radius 2 is 2.05 bits per heavy atom. The van der Waals surface area contributed by atoms with Crippen LogP contribution in [0.5, 0.6) is 0 Å². The first kappa shape index (κ1) is 13.8. The number of hydrogen-bond acceptors (Lipinski definition) is 3. The molecule has 0 unspecified atom stereocenters. The van der Waals surface area contributed by atoms with Gasteiger partial charge in [0.1, 0.15) is 0 Å². The quantitative estimate of drug-likeness (QED) is 0.673. The summed E-state index contributed by atoms with van der Waals surface area (Å²) in [4.78, 5) is 13.0. The van der Waals surface area contributed by atoms with E-state index in [2.05, 4.69) is 10.5 Å². The lowest BCUT2D eigenvalue weighted by Crippen LogP contribution is -2.19. The Morgan fingerprint density at radius 3 is 2.63 bits per heavy atom. The first-order valence-electron chi connectivity index (χ1n) is 5.87. The molecule has 98 valence electrons. The van der Waals surface area contributed by atoms with Crippen molar-refractivity contribution in [2.75, 3.05) is 0 Å². The zero-order chi connectivity index (χ0) is 13.7. The number of carbonyl (C=O) groups excluding carboxylic acids is 1. The molecule has 0 saturated carbocycles.